The molecule has 172 valence electrons. The van der Waals surface area contributed by atoms with Crippen LogP contribution in [0, 0.1) is 12.8 Å². The van der Waals surface area contributed by atoms with Gasteiger partial charge in [0.2, 0.25) is 5.91 Å². The lowest BCUT2D eigenvalue weighted by Gasteiger charge is -2.32. The normalized spacial score (nSPS) is 14.8. The van der Waals surface area contributed by atoms with Crippen molar-refractivity contribution in [1.82, 2.24) is 15.5 Å². The van der Waals surface area contributed by atoms with Crippen molar-refractivity contribution in [3.05, 3.63) is 83.4 Å². The molecule has 0 spiro atoms. The molecular formula is C28H33N3O2. The molecule has 1 aliphatic heterocycles. The van der Waals surface area contributed by atoms with Crippen LogP contribution in [0.4, 0.5) is 0 Å². The fourth-order valence-electron chi connectivity index (χ4n) is 4.37. The van der Waals surface area contributed by atoms with Gasteiger partial charge in [0.25, 0.3) is 5.91 Å². The first kappa shape index (κ1) is 23.0. The number of fused-ring (bicyclic) bond motifs is 1. The molecule has 1 saturated heterocycles. The number of hydrogen-bond donors (Lipinski definition) is 2. The second-order valence-electron chi connectivity index (χ2n) is 9.08. The van der Waals surface area contributed by atoms with E-state index in [0.717, 1.165) is 49.8 Å². The van der Waals surface area contributed by atoms with Crippen LogP contribution in [0.5, 0.6) is 0 Å². The lowest BCUT2D eigenvalue weighted by Crippen LogP contribution is -2.39. The number of piperidine rings is 1. The van der Waals surface area contributed by atoms with E-state index in [2.05, 4.69) is 46.7 Å². The Morgan fingerprint density at radius 1 is 0.909 bits per heavy atom. The highest BCUT2D eigenvalue weighted by Crippen LogP contribution is 2.19. The summed E-state index contributed by atoms with van der Waals surface area (Å²) in [6, 6.07) is 22.4. The number of carbonyl (C=O) groups excluding carboxylic acids is 2. The first-order valence-electron chi connectivity index (χ1n) is 11.9. The number of benzene rings is 3. The van der Waals surface area contributed by atoms with E-state index in [1.54, 1.807) is 0 Å². The highest BCUT2D eigenvalue weighted by Gasteiger charge is 2.19. The van der Waals surface area contributed by atoms with E-state index in [4.69, 9.17) is 0 Å². The summed E-state index contributed by atoms with van der Waals surface area (Å²) in [6.07, 6.45) is 2.50. The summed E-state index contributed by atoms with van der Waals surface area (Å²) >= 11 is 0. The predicted octanol–water partition coefficient (Wildman–Crippen LogP) is 4.30. The smallest absolute Gasteiger partial charge is 0.251 e. The number of carbonyl (C=O) groups is 2. The van der Waals surface area contributed by atoms with E-state index in [-0.39, 0.29) is 11.8 Å². The summed E-state index contributed by atoms with van der Waals surface area (Å²) in [5.41, 5.74) is 3.27. The standard InChI is InChI=1S/C28H33N3O2/c1-21-6-8-23(9-7-21)20-31-16-13-22(14-17-31)19-30-27(32)12-15-29-28(33)26-11-10-24-4-2-3-5-25(24)18-26/h2-11,18,22H,12-17,19-20H2,1H3,(H,29,33)(H,30,32). The number of nitrogens with one attached hydrogen (secondary N) is 2. The van der Waals surface area contributed by atoms with E-state index in [9.17, 15) is 9.59 Å². The van der Waals surface area contributed by atoms with Crippen molar-refractivity contribution in [3.8, 4) is 0 Å². The van der Waals surface area contributed by atoms with Gasteiger partial charge >= 0.3 is 0 Å². The average molecular weight is 444 g/mol. The lowest BCUT2D eigenvalue weighted by atomic mass is 9.96. The third-order valence-corrected chi connectivity index (χ3v) is 6.47. The molecule has 0 aliphatic carbocycles. The molecule has 3 aromatic rings. The van der Waals surface area contributed by atoms with Gasteiger partial charge in [0, 0.05) is 31.6 Å². The van der Waals surface area contributed by atoms with Crippen LogP contribution < -0.4 is 10.6 Å². The Morgan fingerprint density at radius 2 is 1.64 bits per heavy atom. The molecule has 0 aromatic heterocycles. The molecule has 0 radical (unpaired) electrons. The Hall–Kier alpha value is -3.18. The topological polar surface area (TPSA) is 61.4 Å². The van der Waals surface area contributed by atoms with Gasteiger partial charge in [-0.1, -0.05) is 60.2 Å². The van der Waals surface area contributed by atoms with Crippen molar-refractivity contribution in [3.63, 3.8) is 0 Å². The van der Waals surface area contributed by atoms with Gasteiger partial charge in [-0.3, -0.25) is 14.5 Å². The molecule has 1 fully saturated rings. The minimum Gasteiger partial charge on any atom is -0.356 e. The van der Waals surface area contributed by atoms with Gasteiger partial charge in [-0.05, 0) is 67.2 Å². The van der Waals surface area contributed by atoms with E-state index in [1.165, 1.54) is 11.1 Å². The number of rotatable bonds is 8. The summed E-state index contributed by atoms with van der Waals surface area (Å²) in [5.74, 6) is 0.376. The fraction of sp³-hybridized carbons (Fsp3) is 0.357. The molecule has 0 saturated carbocycles. The number of amides is 2. The van der Waals surface area contributed by atoms with E-state index in [1.807, 2.05) is 42.5 Å². The molecule has 0 unspecified atom stereocenters. The summed E-state index contributed by atoms with van der Waals surface area (Å²) in [6.45, 7) is 6.30. The Balaban J connectivity index is 1.12. The van der Waals surface area contributed by atoms with Crippen LogP contribution in [-0.2, 0) is 11.3 Å². The summed E-state index contributed by atoms with van der Waals surface area (Å²) < 4.78 is 0. The Bertz CT molecular complexity index is 1090. The second-order valence-corrected chi connectivity index (χ2v) is 9.08. The van der Waals surface area contributed by atoms with Gasteiger partial charge < -0.3 is 10.6 Å². The predicted molar refractivity (Wildman–Crippen MR) is 133 cm³/mol. The third-order valence-electron chi connectivity index (χ3n) is 6.47. The van der Waals surface area contributed by atoms with Crippen LogP contribution in [0.15, 0.2) is 66.7 Å². The number of aryl methyl sites for hydroxylation is 1. The largest absolute Gasteiger partial charge is 0.356 e. The zero-order chi connectivity index (χ0) is 23.0. The Labute approximate surface area is 196 Å². The zero-order valence-corrected chi connectivity index (χ0v) is 19.3. The Kier molecular flexibility index (Phi) is 7.74. The van der Waals surface area contributed by atoms with Gasteiger partial charge in [0.15, 0.2) is 0 Å². The third kappa shape index (κ3) is 6.65. The minimum atomic E-state index is -0.144. The van der Waals surface area contributed by atoms with Crippen molar-refractivity contribution >= 4 is 22.6 Å². The maximum absolute atomic E-state index is 12.4. The quantitative estimate of drug-likeness (QED) is 0.546. The number of hydrogen-bond acceptors (Lipinski definition) is 3. The first-order valence-corrected chi connectivity index (χ1v) is 11.9. The van der Waals surface area contributed by atoms with Crippen molar-refractivity contribution < 1.29 is 9.59 Å². The first-order chi connectivity index (χ1) is 16.1. The molecule has 2 N–H and O–H groups in total. The number of nitrogens with zero attached hydrogens (tertiary/aromatic N) is 1. The lowest BCUT2D eigenvalue weighted by molar-refractivity contribution is -0.121. The monoisotopic (exact) mass is 443 g/mol. The van der Waals surface area contributed by atoms with Gasteiger partial charge in [0.05, 0.1) is 0 Å². The van der Waals surface area contributed by atoms with Gasteiger partial charge in [-0.15, -0.1) is 0 Å². The van der Waals surface area contributed by atoms with Crippen LogP contribution in [0.3, 0.4) is 0 Å². The van der Waals surface area contributed by atoms with Crippen LogP contribution in [-0.4, -0.2) is 42.9 Å². The summed E-state index contributed by atoms with van der Waals surface area (Å²) in [4.78, 5) is 27.1. The van der Waals surface area contributed by atoms with Crippen LogP contribution in [0.1, 0.15) is 40.7 Å². The molecule has 0 bridgehead atoms. The molecule has 2 amide bonds. The van der Waals surface area contributed by atoms with Crippen LogP contribution >= 0.6 is 0 Å². The van der Waals surface area contributed by atoms with Crippen molar-refractivity contribution in [2.24, 2.45) is 5.92 Å². The maximum Gasteiger partial charge on any atom is 0.251 e. The molecule has 3 aromatic carbocycles. The molecule has 0 atom stereocenters. The highest BCUT2D eigenvalue weighted by molar-refractivity contribution is 5.98. The molecule has 4 rings (SSSR count). The molecular weight excluding hydrogens is 410 g/mol. The SMILES string of the molecule is Cc1ccc(CN2CCC(CNC(=O)CCNC(=O)c3ccc4ccccc4c3)CC2)cc1. The van der Waals surface area contributed by atoms with Crippen molar-refractivity contribution in [1.29, 1.82) is 0 Å². The molecule has 5 nitrogen and oxygen atoms in total. The van der Waals surface area contributed by atoms with E-state index >= 15 is 0 Å². The van der Waals surface area contributed by atoms with Crippen molar-refractivity contribution in [2.45, 2.75) is 32.7 Å². The van der Waals surface area contributed by atoms with E-state index in [0.29, 0.717) is 24.4 Å². The van der Waals surface area contributed by atoms with Gasteiger partial charge in [0.1, 0.15) is 0 Å². The average Bonchev–Trinajstić information content (AvgIpc) is 2.84. The van der Waals surface area contributed by atoms with Crippen molar-refractivity contribution in [2.75, 3.05) is 26.2 Å². The summed E-state index contributed by atoms with van der Waals surface area (Å²) in [5, 5.41) is 8.05. The second kappa shape index (κ2) is 11.1. The Morgan fingerprint density at radius 3 is 2.39 bits per heavy atom. The van der Waals surface area contributed by atoms with Gasteiger partial charge in [-0.25, -0.2) is 0 Å². The van der Waals surface area contributed by atoms with Crippen LogP contribution in [0.25, 0.3) is 10.8 Å². The molecule has 1 aliphatic rings. The van der Waals surface area contributed by atoms with Gasteiger partial charge in [-0.2, -0.15) is 0 Å². The van der Waals surface area contributed by atoms with E-state index < -0.39 is 0 Å². The number of likely N-dealkylation sites (tertiary alicyclic amines) is 1. The fourth-order valence-corrected chi connectivity index (χ4v) is 4.37. The maximum atomic E-state index is 12.4. The minimum absolute atomic E-state index is 0.00380. The molecule has 5 heteroatoms. The molecule has 1 heterocycles. The van der Waals surface area contributed by atoms with Crippen LogP contribution in [0.2, 0.25) is 0 Å². The zero-order valence-electron chi connectivity index (χ0n) is 19.3. The molecule has 33 heavy (non-hydrogen) atoms. The summed E-state index contributed by atoms with van der Waals surface area (Å²) in [7, 11) is 0. The highest BCUT2D eigenvalue weighted by atomic mass is 16.2.